The van der Waals surface area contributed by atoms with E-state index in [1.165, 1.54) is 0 Å². The quantitative estimate of drug-likeness (QED) is 0.553. The summed E-state index contributed by atoms with van der Waals surface area (Å²) in [6.07, 6.45) is 0.242. The van der Waals surface area contributed by atoms with Crippen LogP contribution >= 0.6 is 0 Å². The van der Waals surface area contributed by atoms with Crippen LogP contribution in [-0.4, -0.2) is 36.0 Å². The molecule has 170 valence electrons. The molecule has 1 heterocycles. The normalized spacial score (nSPS) is 16.5. The summed E-state index contributed by atoms with van der Waals surface area (Å²) < 4.78 is 5.57. The number of hydrogen-bond donors (Lipinski definition) is 2. The van der Waals surface area contributed by atoms with Crippen LogP contribution in [0.1, 0.15) is 37.5 Å². The molecular weight excluding hydrogens is 410 g/mol. The molecule has 4 rings (SSSR count). The first-order chi connectivity index (χ1) is 15.9. The van der Waals surface area contributed by atoms with Crippen molar-refractivity contribution in [2.75, 3.05) is 11.9 Å². The van der Waals surface area contributed by atoms with Gasteiger partial charge in [0.15, 0.2) is 0 Å². The van der Waals surface area contributed by atoms with E-state index in [0.717, 1.165) is 28.1 Å². The summed E-state index contributed by atoms with van der Waals surface area (Å²) in [5.74, 6) is 0. The number of benzodiazepines with no additional fused rings is 1. The SMILES string of the molecule is CC(C)(C)OC(=O)N[C@@H](Cc1ccccc1)[C@@H]1CN=C(c2ccccc2)c2ccccc2N1. The Morgan fingerprint density at radius 3 is 2.33 bits per heavy atom. The minimum atomic E-state index is -0.566. The Kier molecular flexibility index (Phi) is 6.78. The van der Waals surface area contributed by atoms with Crippen molar-refractivity contribution < 1.29 is 9.53 Å². The monoisotopic (exact) mass is 441 g/mol. The van der Waals surface area contributed by atoms with Crippen LogP contribution in [0.3, 0.4) is 0 Å². The van der Waals surface area contributed by atoms with Gasteiger partial charge in [0.2, 0.25) is 0 Å². The van der Waals surface area contributed by atoms with Gasteiger partial charge in [-0.2, -0.15) is 0 Å². The molecule has 33 heavy (non-hydrogen) atoms. The second-order valence-electron chi connectivity index (χ2n) is 9.29. The number of ether oxygens (including phenoxy) is 1. The topological polar surface area (TPSA) is 62.7 Å². The van der Waals surface area contributed by atoms with E-state index in [4.69, 9.17) is 9.73 Å². The van der Waals surface area contributed by atoms with E-state index in [2.05, 4.69) is 47.0 Å². The maximum Gasteiger partial charge on any atom is 0.407 e. The molecule has 0 fully saturated rings. The second-order valence-corrected chi connectivity index (χ2v) is 9.29. The van der Waals surface area contributed by atoms with Gasteiger partial charge in [0.25, 0.3) is 0 Å². The molecule has 3 aromatic rings. The molecule has 0 saturated carbocycles. The van der Waals surface area contributed by atoms with Crippen LogP contribution in [0, 0.1) is 0 Å². The molecule has 0 aliphatic carbocycles. The lowest BCUT2D eigenvalue weighted by Crippen LogP contribution is -2.50. The van der Waals surface area contributed by atoms with Gasteiger partial charge in [0.1, 0.15) is 5.60 Å². The predicted molar refractivity (Wildman–Crippen MR) is 134 cm³/mol. The molecule has 0 unspecified atom stereocenters. The van der Waals surface area contributed by atoms with Gasteiger partial charge in [-0.15, -0.1) is 0 Å². The standard InChI is InChI=1S/C28H31N3O2/c1-28(2,3)33-27(32)31-24(18-20-12-6-4-7-13-20)25-19-29-26(21-14-8-5-9-15-21)22-16-10-11-17-23(22)30-25/h4-17,24-25,30H,18-19H2,1-3H3,(H,31,32)/t24-,25-/m0/s1. The highest BCUT2D eigenvalue weighted by molar-refractivity contribution is 6.16. The van der Waals surface area contributed by atoms with Crippen molar-refractivity contribution in [3.8, 4) is 0 Å². The molecule has 0 bridgehead atoms. The van der Waals surface area contributed by atoms with E-state index in [1.807, 2.05) is 69.3 Å². The van der Waals surface area contributed by atoms with Crippen molar-refractivity contribution >= 4 is 17.5 Å². The number of fused-ring (bicyclic) bond motifs is 1. The number of hydrogen-bond acceptors (Lipinski definition) is 4. The summed E-state index contributed by atoms with van der Waals surface area (Å²) in [6, 6.07) is 28.3. The molecule has 1 aliphatic heterocycles. The Balaban J connectivity index is 1.66. The van der Waals surface area contributed by atoms with E-state index in [-0.39, 0.29) is 12.1 Å². The van der Waals surface area contributed by atoms with E-state index in [0.29, 0.717) is 13.0 Å². The smallest absolute Gasteiger partial charge is 0.407 e. The summed E-state index contributed by atoms with van der Waals surface area (Å²) >= 11 is 0. The average molecular weight is 442 g/mol. The van der Waals surface area contributed by atoms with Crippen molar-refractivity contribution in [3.05, 3.63) is 102 Å². The highest BCUT2D eigenvalue weighted by Crippen LogP contribution is 2.25. The van der Waals surface area contributed by atoms with Gasteiger partial charge in [-0.1, -0.05) is 78.9 Å². The van der Waals surface area contributed by atoms with Gasteiger partial charge < -0.3 is 15.4 Å². The van der Waals surface area contributed by atoms with Crippen LogP contribution in [0.5, 0.6) is 0 Å². The zero-order valence-electron chi connectivity index (χ0n) is 19.4. The highest BCUT2D eigenvalue weighted by atomic mass is 16.6. The molecule has 0 spiro atoms. The molecule has 1 amide bonds. The van der Waals surface area contributed by atoms with Gasteiger partial charge in [-0.25, -0.2) is 4.79 Å². The fourth-order valence-electron chi connectivity index (χ4n) is 4.03. The van der Waals surface area contributed by atoms with Gasteiger partial charge in [-0.3, -0.25) is 4.99 Å². The number of nitrogens with zero attached hydrogens (tertiary/aromatic N) is 1. The van der Waals surface area contributed by atoms with E-state index in [1.54, 1.807) is 0 Å². The minimum Gasteiger partial charge on any atom is -0.444 e. The molecular formula is C28H31N3O2. The van der Waals surface area contributed by atoms with Gasteiger partial charge in [-0.05, 0) is 38.8 Å². The lowest BCUT2D eigenvalue weighted by atomic mass is 9.98. The number of carbonyl (C=O) groups is 1. The van der Waals surface area contributed by atoms with Crippen LogP contribution in [0.15, 0.2) is 89.9 Å². The third kappa shape index (κ3) is 6.01. The van der Waals surface area contributed by atoms with Crippen molar-refractivity contribution in [1.29, 1.82) is 0 Å². The average Bonchev–Trinajstić information content (AvgIpc) is 2.98. The zero-order valence-corrected chi connectivity index (χ0v) is 19.4. The lowest BCUT2D eigenvalue weighted by molar-refractivity contribution is 0.0499. The molecule has 1 aliphatic rings. The Labute approximate surface area is 195 Å². The number of rotatable bonds is 5. The Morgan fingerprint density at radius 1 is 1.00 bits per heavy atom. The number of carbonyl (C=O) groups excluding carboxylic acids is 1. The lowest BCUT2D eigenvalue weighted by Gasteiger charge is -2.29. The van der Waals surface area contributed by atoms with Crippen LogP contribution in [0.4, 0.5) is 10.5 Å². The Morgan fingerprint density at radius 2 is 1.64 bits per heavy atom. The third-order valence-electron chi connectivity index (χ3n) is 5.50. The molecule has 2 N–H and O–H groups in total. The number of nitrogens with one attached hydrogen (secondary N) is 2. The van der Waals surface area contributed by atoms with Crippen molar-refractivity contribution in [2.45, 2.75) is 44.9 Å². The third-order valence-corrected chi connectivity index (χ3v) is 5.50. The molecule has 3 aromatic carbocycles. The Hall–Kier alpha value is -3.60. The summed E-state index contributed by atoms with van der Waals surface area (Å²) in [4.78, 5) is 17.7. The van der Waals surface area contributed by atoms with Gasteiger partial charge in [0.05, 0.1) is 24.3 Å². The molecule has 5 nitrogen and oxygen atoms in total. The van der Waals surface area contributed by atoms with E-state index >= 15 is 0 Å². The predicted octanol–water partition coefficient (Wildman–Crippen LogP) is 5.45. The Bertz CT molecular complexity index is 1100. The first-order valence-corrected chi connectivity index (χ1v) is 11.4. The fraction of sp³-hybridized carbons (Fsp3) is 0.286. The van der Waals surface area contributed by atoms with E-state index < -0.39 is 11.7 Å². The van der Waals surface area contributed by atoms with Crippen molar-refractivity contribution in [3.63, 3.8) is 0 Å². The van der Waals surface area contributed by atoms with Crippen molar-refractivity contribution in [2.24, 2.45) is 4.99 Å². The second kappa shape index (κ2) is 9.90. The van der Waals surface area contributed by atoms with Crippen LogP contribution in [-0.2, 0) is 11.2 Å². The first kappa shape index (κ1) is 22.6. The van der Waals surface area contributed by atoms with Crippen LogP contribution in [0.2, 0.25) is 0 Å². The van der Waals surface area contributed by atoms with Gasteiger partial charge >= 0.3 is 6.09 Å². The number of amides is 1. The van der Waals surface area contributed by atoms with Crippen molar-refractivity contribution in [1.82, 2.24) is 5.32 Å². The van der Waals surface area contributed by atoms with Crippen LogP contribution in [0.25, 0.3) is 0 Å². The summed E-state index contributed by atoms with van der Waals surface area (Å²) in [6.45, 7) is 6.13. The first-order valence-electron chi connectivity index (χ1n) is 11.4. The zero-order chi connectivity index (χ0) is 23.3. The number of para-hydroxylation sites is 1. The highest BCUT2D eigenvalue weighted by Gasteiger charge is 2.29. The maximum absolute atomic E-state index is 12.7. The number of anilines is 1. The van der Waals surface area contributed by atoms with Gasteiger partial charge in [0, 0.05) is 16.8 Å². The summed E-state index contributed by atoms with van der Waals surface area (Å²) in [7, 11) is 0. The number of aliphatic imine (C=N–C) groups is 1. The van der Waals surface area contributed by atoms with E-state index in [9.17, 15) is 4.79 Å². The number of benzene rings is 3. The maximum atomic E-state index is 12.7. The summed E-state index contributed by atoms with van der Waals surface area (Å²) in [5.41, 5.74) is 4.67. The number of alkyl carbamates (subject to hydrolysis) is 1. The molecule has 5 heteroatoms. The largest absolute Gasteiger partial charge is 0.444 e. The molecule has 0 radical (unpaired) electrons. The molecule has 0 saturated heterocycles. The fourth-order valence-corrected chi connectivity index (χ4v) is 4.03. The molecule has 0 aromatic heterocycles. The van der Waals surface area contributed by atoms with Crippen LogP contribution < -0.4 is 10.6 Å². The summed E-state index contributed by atoms with van der Waals surface area (Å²) in [5, 5.41) is 6.77. The molecule has 2 atom stereocenters. The minimum absolute atomic E-state index is 0.111.